The van der Waals surface area contributed by atoms with E-state index in [4.69, 9.17) is 5.11 Å². The molecule has 1 aliphatic carbocycles. The van der Waals surface area contributed by atoms with Crippen molar-refractivity contribution in [3.05, 3.63) is 29.8 Å². The number of carboxylic acid groups (broad SMARTS) is 1. The van der Waals surface area contributed by atoms with Crippen molar-refractivity contribution >= 4 is 29.4 Å². The van der Waals surface area contributed by atoms with Crippen LogP contribution in [0.5, 0.6) is 0 Å². The van der Waals surface area contributed by atoms with Crippen LogP contribution in [-0.2, 0) is 9.59 Å². The van der Waals surface area contributed by atoms with Crippen molar-refractivity contribution in [3.8, 4) is 0 Å². The molecule has 1 heterocycles. The summed E-state index contributed by atoms with van der Waals surface area (Å²) >= 11 is 0. The van der Waals surface area contributed by atoms with Gasteiger partial charge in [0.15, 0.2) is 5.78 Å². The summed E-state index contributed by atoms with van der Waals surface area (Å²) in [6.07, 6.45) is 6.38. The normalized spacial score (nSPS) is 21.0. The molecule has 1 atom stereocenters. The number of carboxylic acids is 1. The van der Waals surface area contributed by atoms with Crippen LogP contribution < -0.4 is 15.5 Å². The van der Waals surface area contributed by atoms with Gasteiger partial charge in [-0.3, -0.25) is 14.4 Å². The molecule has 0 aromatic heterocycles. The van der Waals surface area contributed by atoms with Crippen LogP contribution in [0.1, 0.15) is 55.3 Å². The van der Waals surface area contributed by atoms with Gasteiger partial charge in [0.25, 0.3) is 5.91 Å². The molecule has 0 saturated heterocycles. The number of rotatable bonds is 4. The summed E-state index contributed by atoms with van der Waals surface area (Å²) in [6, 6.07) is 5.03. The maximum Gasteiger partial charge on any atom is 0.329 e. The summed E-state index contributed by atoms with van der Waals surface area (Å²) in [5.41, 5.74) is 0.481. The van der Waals surface area contributed by atoms with Crippen LogP contribution >= 0.6 is 0 Å². The Morgan fingerprint density at radius 2 is 1.86 bits per heavy atom. The molecule has 1 aromatic carbocycles. The van der Waals surface area contributed by atoms with Crippen molar-refractivity contribution < 1.29 is 24.3 Å². The van der Waals surface area contributed by atoms with Crippen LogP contribution in [0.4, 0.5) is 10.5 Å². The Labute approximate surface area is 169 Å². The second-order valence-corrected chi connectivity index (χ2v) is 7.66. The number of hydrogen-bond acceptors (Lipinski definition) is 5. The lowest BCUT2D eigenvalue weighted by Crippen LogP contribution is -2.53. The molecule has 29 heavy (non-hydrogen) atoms. The minimum absolute atomic E-state index is 0.171. The molecule has 1 unspecified atom stereocenters. The Bertz CT molecular complexity index is 788. The zero-order valence-corrected chi connectivity index (χ0v) is 16.4. The molecule has 1 saturated carbocycles. The SMILES string of the molecule is O=C(O)CNC(=O)N1C(=O)C(CC2CCCCC2)NCCC(=O)c2ccccc21. The average Bonchev–Trinajstić information content (AvgIpc) is 2.76. The second-order valence-electron chi connectivity index (χ2n) is 7.66. The van der Waals surface area contributed by atoms with Crippen LogP contribution in [0.2, 0.25) is 0 Å². The van der Waals surface area contributed by atoms with Crippen LogP contribution in [0.15, 0.2) is 24.3 Å². The van der Waals surface area contributed by atoms with E-state index in [1.165, 1.54) is 6.42 Å². The Morgan fingerprint density at radius 1 is 1.14 bits per heavy atom. The van der Waals surface area contributed by atoms with Gasteiger partial charge in [-0.2, -0.15) is 0 Å². The third-order valence-corrected chi connectivity index (χ3v) is 5.59. The molecule has 8 nitrogen and oxygen atoms in total. The van der Waals surface area contributed by atoms with E-state index in [0.717, 1.165) is 30.6 Å². The van der Waals surface area contributed by atoms with E-state index in [1.54, 1.807) is 24.3 Å². The van der Waals surface area contributed by atoms with Gasteiger partial charge < -0.3 is 15.7 Å². The summed E-state index contributed by atoms with van der Waals surface area (Å²) in [7, 11) is 0. The van der Waals surface area contributed by atoms with Crippen molar-refractivity contribution in [1.29, 1.82) is 0 Å². The number of aliphatic carboxylic acids is 1. The molecule has 156 valence electrons. The molecular formula is C21H27N3O5. The van der Waals surface area contributed by atoms with Crippen LogP contribution in [0.3, 0.4) is 0 Å². The summed E-state index contributed by atoms with van der Waals surface area (Å²) in [5.74, 6) is -1.45. The van der Waals surface area contributed by atoms with Crippen molar-refractivity contribution in [2.24, 2.45) is 5.92 Å². The highest BCUT2D eigenvalue weighted by molar-refractivity contribution is 6.19. The molecule has 8 heteroatoms. The molecule has 3 rings (SSSR count). The summed E-state index contributed by atoms with van der Waals surface area (Å²) in [6.45, 7) is -0.264. The molecule has 1 aromatic rings. The number of urea groups is 1. The first-order valence-corrected chi connectivity index (χ1v) is 10.2. The van der Waals surface area contributed by atoms with Gasteiger partial charge in [-0.25, -0.2) is 9.69 Å². The fourth-order valence-corrected chi connectivity index (χ4v) is 4.14. The zero-order valence-electron chi connectivity index (χ0n) is 16.4. The Hall–Kier alpha value is -2.74. The predicted molar refractivity (Wildman–Crippen MR) is 107 cm³/mol. The zero-order chi connectivity index (χ0) is 20.8. The van der Waals surface area contributed by atoms with Crippen molar-refractivity contribution in [2.75, 3.05) is 18.0 Å². The second kappa shape index (κ2) is 9.65. The van der Waals surface area contributed by atoms with E-state index in [1.807, 2.05) is 0 Å². The molecular weight excluding hydrogens is 374 g/mol. The van der Waals surface area contributed by atoms with Crippen LogP contribution in [0, 0.1) is 5.92 Å². The Kier molecular flexibility index (Phi) is 6.98. The highest BCUT2D eigenvalue weighted by Crippen LogP contribution is 2.30. The Balaban J connectivity index is 1.93. The van der Waals surface area contributed by atoms with E-state index in [2.05, 4.69) is 10.6 Å². The first kappa shape index (κ1) is 21.0. The van der Waals surface area contributed by atoms with Gasteiger partial charge in [0.2, 0.25) is 0 Å². The number of carbonyl (C=O) groups excluding carboxylic acids is 3. The highest BCUT2D eigenvalue weighted by atomic mass is 16.4. The topological polar surface area (TPSA) is 116 Å². The maximum atomic E-state index is 13.4. The van der Waals surface area contributed by atoms with E-state index in [9.17, 15) is 19.2 Å². The van der Waals surface area contributed by atoms with Crippen molar-refractivity contribution in [3.63, 3.8) is 0 Å². The number of Topliss-reactive ketones (excluding diaryl/α,β-unsaturated/α-hetero) is 1. The standard InChI is InChI=1S/C21H27N3O5/c25-18-10-11-22-16(12-14-6-2-1-3-7-14)20(28)24(21(29)23-13-19(26)27)17-9-5-4-8-15(17)18/h4-5,8-9,14,16,22H,1-3,6-7,10-13H2,(H,23,29)(H,26,27). The number of amides is 3. The number of anilines is 1. The lowest BCUT2D eigenvalue weighted by molar-refractivity contribution is -0.135. The quantitative estimate of drug-likeness (QED) is 0.713. The van der Waals surface area contributed by atoms with Gasteiger partial charge in [0.05, 0.1) is 11.7 Å². The molecule has 0 bridgehead atoms. The van der Waals surface area contributed by atoms with E-state index in [0.29, 0.717) is 18.9 Å². The number of para-hydroxylation sites is 1. The number of imide groups is 1. The molecule has 3 N–H and O–H groups in total. The highest BCUT2D eigenvalue weighted by Gasteiger charge is 2.35. The van der Waals surface area contributed by atoms with Gasteiger partial charge >= 0.3 is 12.0 Å². The van der Waals surface area contributed by atoms with E-state index in [-0.39, 0.29) is 23.5 Å². The van der Waals surface area contributed by atoms with Gasteiger partial charge in [-0.1, -0.05) is 44.2 Å². The van der Waals surface area contributed by atoms with Gasteiger partial charge in [-0.05, 0) is 24.5 Å². The maximum absolute atomic E-state index is 13.4. The molecule has 3 amide bonds. The van der Waals surface area contributed by atoms with E-state index >= 15 is 0 Å². The first-order chi connectivity index (χ1) is 14.0. The predicted octanol–water partition coefficient (Wildman–Crippen LogP) is 2.33. The number of fused-ring (bicyclic) bond motifs is 1. The molecule has 1 fully saturated rings. The van der Waals surface area contributed by atoms with Gasteiger partial charge in [0.1, 0.15) is 6.54 Å². The van der Waals surface area contributed by atoms with Crippen molar-refractivity contribution in [1.82, 2.24) is 10.6 Å². The number of hydrogen-bond donors (Lipinski definition) is 3. The molecule has 0 radical (unpaired) electrons. The number of carbonyl (C=O) groups is 4. The third kappa shape index (κ3) is 5.20. The summed E-state index contributed by atoms with van der Waals surface area (Å²) < 4.78 is 0. The van der Waals surface area contributed by atoms with Crippen LogP contribution in [0.25, 0.3) is 0 Å². The molecule has 0 spiro atoms. The Morgan fingerprint density at radius 3 is 2.59 bits per heavy atom. The largest absolute Gasteiger partial charge is 0.480 e. The number of nitrogens with zero attached hydrogens (tertiary/aromatic N) is 1. The minimum atomic E-state index is -1.21. The third-order valence-electron chi connectivity index (χ3n) is 5.59. The average molecular weight is 401 g/mol. The van der Waals surface area contributed by atoms with Gasteiger partial charge in [-0.15, -0.1) is 0 Å². The monoisotopic (exact) mass is 401 g/mol. The van der Waals surface area contributed by atoms with Gasteiger partial charge in [0, 0.05) is 18.5 Å². The summed E-state index contributed by atoms with van der Waals surface area (Å²) in [4.78, 5) is 50.7. The number of ketones is 1. The lowest BCUT2D eigenvalue weighted by atomic mass is 9.84. The lowest BCUT2D eigenvalue weighted by Gasteiger charge is -2.30. The van der Waals surface area contributed by atoms with Crippen molar-refractivity contribution in [2.45, 2.75) is 51.0 Å². The molecule has 2 aliphatic rings. The van der Waals surface area contributed by atoms with Crippen LogP contribution in [-0.4, -0.2) is 47.9 Å². The summed E-state index contributed by atoms with van der Waals surface area (Å²) in [5, 5.41) is 14.3. The molecule has 1 aliphatic heterocycles. The minimum Gasteiger partial charge on any atom is -0.480 e. The smallest absolute Gasteiger partial charge is 0.329 e. The van der Waals surface area contributed by atoms with E-state index < -0.39 is 30.5 Å². The fourth-order valence-electron chi connectivity index (χ4n) is 4.14. The first-order valence-electron chi connectivity index (χ1n) is 10.2. The fraction of sp³-hybridized carbons (Fsp3) is 0.524. The number of benzene rings is 1. The number of nitrogens with one attached hydrogen (secondary N) is 2.